The van der Waals surface area contributed by atoms with Crippen LogP contribution >= 0.6 is 11.6 Å². The predicted octanol–water partition coefficient (Wildman–Crippen LogP) is 3.29. The van der Waals surface area contributed by atoms with Gasteiger partial charge in [-0.05, 0) is 44.0 Å². The second-order valence-corrected chi connectivity index (χ2v) is 5.11. The Hall–Kier alpha value is -1.04. The topological polar surface area (TPSA) is 35.8 Å². The Bertz CT molecular complexity index is 405. The second kappa shape index (κ2) is 5.34. The fraction of sp³-hybridized carbons (Fsp3) is 0.462. The van der Waals surface area contributed by atoms with Gasteiger partial charge in [-0.25, -0.2) is 0 Å². The summed E-state index contributed by atoms with van der Waals surface area (Å²) >= 11 is 5.88. The smallest absolute Gasteiger partial charge is 0.0697 e. The van der Waals surface area contributed by atoms with E-state index in [0.717, 1.165) is 11.6 Å². The van der Waals surface area contributed by atoms with E-state index >= 15 is 0 Å². The molecule has 2 nitrogen and oxygen atoms in total. The summed E-state index contributed by atoms with van der Waals surface area (Å²) in [4.78, 5) is 0. The first-order chi connectivity index (χ1) is 7.44. The first-order valence-corrected chi connectivity index (χ1v) is 5.69. The minimum Gasteiger partial charge on any atom is -0.311 e. The van der Waals surface area contributed by atoms with E-state index in [1.54, 1.807) is 0 Å². The highest BCUT2D eigenvalue weighted by Gasteiger charge is 2.15. The van der Waals surface area contributed by atoms with Gasteiger partial charge in [-0.1, -0.05) is 17.7 Å². The van der Waals surface area contributed by atoms with E-state index in [1.807, 2.05) is 39.0 Å². The summed E-state index contributed by atoms with van der Waals surface area (Å²) in [7, 11) is 0. The summed E-state index contributed by atoms with van der Waals surface area (Å²) in [6, 6.07) is 8.13. The molecule has 0 saturated heterocycles. The van der Waals surface area contributed by atoms with Gasteiger partial charge in [-0.15, -0.1) is 0 Å². The maximum absolute atomic E-state index is 8.87. The third-order valence-corrected chi connectivity index (χ3v) is 2.72. The van der Waals surface area contributed by atoms with Crippen LogP contribution in [-0.4, -0.2) is 6.54 Å². The number of halogens is 1. The number of hydrogen-bond donors (Lipinski definition) is 1. The average molecular weight is 237 g/mol. The molecule has 0 saturated carbocycles. The molecule has 0 bridgehead atoms. The van der Waals surface area contributed by atoms with Crippen LogP contribution in [0.2, 0.25) is 5.02 Å². The zero-order valence-electron chi connectivity index (χ0n) is 9.97. The molecule has 0 atom stereocenters. The molecule has 0 aromatic heterocycles. The lowest BCUT2D eigenvalue weighted by atomic mass is 9.96. The fourth-order valence-corrected chi connectivity index (χ4v) is 1.63. The highest BCUT2D eigenvalue weighted by atomic mass is 35.5. The van der Waals surface area contributed by atoms with Gasteiger partial charge in [0.2, 0.25) is 0 Å². The first-order valence-electron chi connectivity index (χ1n) is 5.31. The molecular formula is C13H17ClN2. The van der Waals surface area contributed by atoms with Crippen molar-refractivity contribution in [2.24, 2.45) is 5.41 Å². The number of aryl methyl sites for hydroxylation is 1. The third-order valence-electron chi connectivity index (χ3n) is 2.49. The van der Waals surface area contributed by atoms with Crippen molar-refractivity contribution in [2.75, 3.05) is 6.54 Å². The lowest BCUT2D eigenvalue weighted by molar-refractivity contribution is 0.445. The van der Waals surface area contributed by atoms with Crippen molar-refractivity contribution in [2.45, 2.75) is 27.3 Å². The van der Waals surface area contributed by atoms with E-state index in [4.69, 9.17) is 16.9 Å². The average Bonchev–Trinajstić information content (AvgIpc) is 2.21. The predicted molar refractivity (Wildman–Crippen MR) is 67.3 cm³/mol. The van der Waals surface area contributed by atoms with Crippen LogP contribution in [0.1, 0.15) is 25.0 Å². The van der Waals surface area contributed by atoms with Crippen molar-refractivity contribution in [3.8, 4) is 6.07 Å². The van der Waals surface area contributed by atoms with Gasteiger partial charge in [-0.3, -0.25) is 0 Å². The van der Waals surface area contributed by atoms with Gasteiger partial charge < -0.3 is 5.32 Å². The van der Waals surface area contributed by atoms with E-state index in [-0.39, 0.29) is 5.41 Å². The Morgan fingerprint density at radius 2 is 2.12 bits per heavy atom. The van der Waals surface area contributed by atoms with E-state index in [1.165, 1.54) is 11.1 Å². The molecular weight excluding hydrogens is 220 g/mol. The molecule has 0 amide bonds. The van der Waals surface area contributed by atoms with Gasteiger partial charge in [0.15, 0.2) is 0 Å². The van der Waals surface area contributed by atoms with E-state index in [9.17, 15) is 0 Å². The zero-order chi connectivity index (χ0) is 12.2. The third kappa shape index (κ3) is 3.84. The SMILES string of the molecule is Cc1cc(Cl)ccc1CNCC(C)(C)C#N. The number of benzene rings is 1. The van der Waals surface area contributed by atoms with Crippen LogP contribution in [0.4, 0.5) is 0 Å². The van der Waals surface area contributed by atoms with Crippen molar-refractivity contribution >= 4 is 11.6 Å². The number of nitriles is 1. The van der Waals surface area contributed by atoms with Crippen LogP contribution in [0.15, 0.2) is 18.2 Å². The summed E-state index contributed by atoms with van der Waals surface area (Å²) in [5.41, 5.74) is 2.08. The van der Waals surface area contributed by atoms with Crippen LogP contribution in [0.3, 0.4) is 0 Å². The van der Waals surface area contributed by atoms with Crippen LogP contribution in [0.25, 0.3) is 0 Å². The van der Waals surface area contributed by atoms with E-state index in [0.29, 0.717) is 6.54 Å². The van der Waals surface area contributed by atoms with Gasteiger partial charge in [0, 0.05) is 18.1 Å². The van der Waals surface area contributed by atoms with Crippen molar-refractivity contribution in [3.05, 3.63) is 34.3 Å². The van der Waals surface area contributed by atoms with Crippen molar-refractivity contribution in [1.29, 1.82) is 5.26 Å². The minimum atomic E-state index is -0.319. The summed E-state index contributed by atoms with van der Waals surface area (Å²) in [5, 5.41) is 12.9. The van der Waals surface area contributed by atoms with Crippen molar-refractivity contribution in [3.63, 3.8) is 0 Å². The zero-order valence-corrected chi connectivity index (χ0v) is 10.7. The number of rotatable bonds is 4. The molecule has 0 aliphatic carbocycles. The van der Waals surface area contributed by atoms with Crippen molar-refractivity contribution < 1.29 is 0 Å². The molecule has 1 rings (SSSR count). The van der Waals surface area contributed by atoms with Gasteiger partial charge in [0.05, 0.1) is 11.5 Å². The summed E-state index contributed by atoms with van der Waals surface area (Å²) in [6.07, 6.45) is 0. The lowest BCUT2D eigenvalue weighted by Gasteiger charge is -2.16. The Balaban J connectivity index is 2.53. The molecule has 0 aliphatic rings. The first kappa shape index (κ1) is 13.0. The molecule has 16 heavy (non-hydrogen) atoms. The van der Waals surface area contributed by atoms with Gasteiger partial charge in [0.25, 0.3) is 0 Å². The van der Waals surface area contributed by atoms with Gasteiger partial charge in [0.1, 0.15) is 0 Å². The largest absolute Gasteiger partial charge is 0.311 e. The van der Waals surface area contributed by atoms with E-state index < -0.39 is 0 Å². The maximum atomic E-state index is 8.87. The molecule has 0 heterocycles. The Morgan fingerprint density at radius 3 is 2.69 bits per heavy atom. The fourth-order valence-electron chi connectivity index (χ4n) is 1.41. The normalized spacial score (nSPS) is 11.2. The molecule has 0 aliphatic heterocycles. The molecule has 0 radical (unpaired) electrons. The summed E-state index contributed by atoms with van der Waals surface area (Å²) < 4.78 is 0. The van der Waals surface area contributed by atoms with Gasteiger partial charge >= 0.3 is 0 Å². The molecule has 0 unspecified atom stereocenters. The highest BCUT2D eigenvalue weighted by molar-refractivity contribution is 6.30. The number of nitrogens with one attached hydrogen (secondary N) is 1. The van der Waals surface area contributed by atoms with E-state index in [2.05, 4.69) is 11.4 Å². The number of hydrogen-bond acceptors (Lipinski definition) is 2. The standard InChI is InChI=1S/C13H17ClN2/c1-10-6-12(14)5-4-11(10)7-16-9-13(2,3)8-15/h4-6,16H,7,9H2,1-3H3. The molecule has 1 aromatic carbocycles. The molecule has 0 fully saturated rings. The molecule has 0 spiro atoms. The summed E-state index contributed by atoms with van der Waals surface area (Å²) in [5.74, 6) is 0. The molecule has 3 heteroatoms. The van der Waals surface area contributed by atoms with Crippen LogP contribution in [0.5, 0.6) is 0 Å². The lowest BCUT2D eigenvalue weighted by Crippen LogP contribution is -2.27. The minimum absolute atomic E-state index is 0.319. The molecule has 86 valence electrons. The highest BCUT2D eigenvalue weighted by Crippen LogP contribution is 2.16. The van der Waals surface area contributed by atoms with Crippen LogP contribution in [-0.2, 0) is 6.54 Å². The Morgan fingerprint density at radius 1 is 1.44 bits per heavy atom. The Labute approximate surface area is 102 Å². The number of nitrogens with zero attached hydrogens (tertiary/aromatic N) is 1. The summed E-state index contributed by atoms with van der Waals surface area (Å²) in [6.45, 7) is 7.35. The Kier molecular flexibility index (Phi) is 4.35. The second-order valence-electron chi connectivity index (χ2n) is 4.67. The molecule has 1 N–H and O–H groups in total. The molecule has 1 aromatic rings. The maximum Gasteiger partial charge on any atom is 0.0697 e. The van der Waals surface area contributed by atoms with Crippen molar-refractivity contribution in [1.82, 2.24) is 5.32 Å². The quantitative estimate of drug-likeness (QED) is 0.871. The van der Waals surface area contributed by atoms with Gasteiger partial charge in [-0.2, -0.15) is 5.26 Å². The monoisotopic (exact) mass is 236 g/mol. The van der Waals surface area contributed by atoms with Crippen LogP contribution in [0, 0.1) is 23.7 Å². The van der Waals surface area contributed by atoms with Crippen LogP contribution < -0.4 is 5.32 Å².